The Morgan fingerprint density at radius 2 is 1.74 bits per heavy atom. The van der Waals surface area contributed by atoms with Gasteiger partial charge in [0.05, 0.1) is 0 Å². The molecular weight excluding hydrogens is 232 g/mol. The lowest BCUT2D eigenvalue weighted by molar-refractivity contribution is 0.0978. The van der Waals surface area contributed by atoms with Crippen molar-refractivity contribution in [2.24, 2.45) is 11.8 Å². The number of fused-ring (bicyclic) bond motifs is 1. The van der Waals surface area contributed by atoms with Crippen LogP contribution in [0, 0.1) is 11.8 Å². The van der Waals surface area contributed by atoms with E-state index in [1.165, 1.54) is 45.3 Å². The summed E-state index contributed by atoms with van der Waals surface area (Å²) in [7, 11) is 0. The third-order valence-electron chi connectivity index (χ3n) is 5.83. The molecule has 0 aromatic carbocycles. The van der Waals surface area contributed by atoms with Gasteiger partial charge in [0.15, 0.2) is 0 Å². The van der Waals surface area contributed by atoms with E-state index in [0.29, 0.717) is 11.1 Å². The van der Waals surface area contributed by atoms with E-state index in [1.54, 1.807) is 0 Å². The van der Waals surface area contributed by atoms with Crippen LogP contribution in [0.25, 0.3) is 0 Å². The third-order valence-corrected chi connectivity index (χ3v) is 5.83. The first-order chi connectivity index (χ1) is 8.77. The molecule has 3 fully saturated rings. The molecule has 0 N–H and O–H groups in total. The average Bonchev–Trinajstić information content (AvgIpc) is 2.74. The topological polar surface area (TPSA) is 6.48 Å². The van der Waals surface area contributed by atoms with Gasteiger partial charge >= 0.3 is 0 Å². The van der Waals surface area contributed by atoms with Gasteiger partial charge in [0.2, 0.25) is 0 Å². The van der Waals surface area contributed by atoms with E-state index in [1.807, 2.05) is 0 Å². The van der Waals surface area contributed by atoms with Gasteiger partial charge in [-0.05, 0) is 85.2 Å². The van der Waals surface area contributed by atoms with E-state index >= 15 is 0 Å². The smallest absolute Gasteiger partial charge is 0.0159 e. The Morgan fingerprint density at radius 3 is 2.21 bits per heavy atom. The van der Waals surface area contributed by atoms with Gasteiger partial charge in [-0.3, -0.25) is 9.80 Å². The second-order valence-electron chi connectivity index (χ2n) is 8.83. The van der Waals surface area contributed by atoms with E-state index in [2.05, 4.69) is 44.4 Å². The molecule has 0 amide bonds. The number of rotatable bonds is 3. The molecule has 3 atom stereocenters. The quantitative estimate of drug-likeness (QED) is 0.771. The highest BCUT2D eigenvalue weighted by Gasteiger charge is 2.51. The molecule has 2 heterocycles. The van der Waals surface area contributed by atoms with Gasteiger partial charge in [0.25, 0.3) is 0 Å². The van der Waals surface area contributed by atoms with Crippen LogP contribution in [0.1, 0.15) is 60.3 Å². The maximum atomic E-state index is 2.83. The van der Waals surface area contributed by atoms with Gasteiger partial charge in [-0.1, -0.05) is 0 Å². The van der Waals surface area contributed by atoms with Crippen molar-refractivity contribution in [1.29, 1.82) is 0 Å². The Kier molecular flexibility index (Phi) is 3.26. The summed E-state index contributed by atoms with van der Waals surface area (Å²) in [5, 5.41) is 0. The molecule has 0 radical (unpaired) electrons. The lowest BCUT2D eigenvalue weighted by Gasteiger charge is -2.39. The van der Waals surface area contributed by atoms with Crippen molar-refractivity contribution in [3.8, 4) is 0 Å². The van der Waals surface area contributed by atoms with Crippen LogP contribution in [0.3, 0.4) is 0 Å². The first kappa shape index (κ1) is 13.9. The van der Waals surface area contributed by atoms with Crippen molar-refractivity contribution in [3.05, 3.63) is 0 Å². The predicted molar refractivity (Wildman–Crippen MR) is 81.3 cm³/mol. The van der Waals surface area contributed by atoms with Gasteiger partial charge in [0.1, 0.15) is 0 Å². The largest absolute Gasteiger partial charge is 0.298 e. The predicted octanol–water partition coefficient (Wildman–Crippen LogP) is 3.37. The van der Waals surface area contributed by atoms with Crippen molar-refractivity contribution in [2.45, 2.75) is 77.4 Å². The monoisotopic (exact) mass is 264 g/mol. The van der Waals surface area contributed by atoms with Crippen LogP contribution in [0.5, 0.6) is 0 Å². The first-order valence-corrected chi connectivity index (χ1v) is 8.29. The maximum Gasteiger partial charge on any atom is 0.0159 e. The van der Waals surface area contributed by atoms with Crippen molar-refractivity contribution in [3.63, 3.8) is 0 Å². The molecule has 2 heteroatoms. The Labute approximate surface area is 119 Å². The number of piperidine rings is 1. The minimum absolute atomic E-state index is 0.355. The Bertz CT molecular complexity index is 342. The van der Waals surface area contributed by atoms with E-state index in [4.69, 9.17) is 0 Å². The third kappa shape index (κ3) is 2.71. The van der Waals surface area contributed by atoms with Crippen LogP contribution in [0.4, 0.5) is 0 Å². The van der Waals surface area contributed by atoms with Crippen LogP contribution in [0.2, 0.25) is 0 Å². The Balaban J connectivity index is 1.56. The molecule has 2 aliphatic heterocycles. The SMILES string of the molecule is CC(C)(C)N1CCC(CC(C)(C)N2CCC3CC32)C1. The molecule has 1 saturated carbocycles. The number of hydrogen-bond donors (Lipinski definition) is 0. The summed E-state index contributed by atoms with van der Waals surface area (Å²) in [5.41, 5.74) is 0.780. The highest BCUT2D eigenvalue weighted by Crippen LogP contribution is 2.49. The molecule has 3 aliphatic rings. The van der Waals surface area contributed by atoms with Crippen LogP contribution in [-0.4, -0.2) is 46.6 Å². The van der Waals surface area contributed by atoms with Gasteiger partial charge in [-0.2, -0.15) is 0 Å². The lowest BCUT2D eigenvalue weighted by atomic mass is 9.88. The first-order valence-electron chi connectivity index (χ1n) is 8.29. The van der Waals surface area contributed by atoms with Crippen LogP contribution >= 0.6 is 0 Å². The molecule has 0 aromatic heterocycles. The highest BCUT2D eigenvalue weighted by molar-refractivity contribution is 5.06. The Morgan fingerprint density at radius 1 is 1.00 bits per heavy atom. The van der Waals surface area contributed by atoms with E-state index in [9.17, 15) is 0 Å². The summed E-state index contributed by atoms with van der Waals surface area (Å²) < 4.78 is 0. The van der Waals surface area contributed by atoms with Crippen molar-refractivity contribution >= 4 is 0 Å². The van der Waals surface area contributed by atoms with Crippen molar-refractivity contribution < 1.29 is 0 Å². The molecule has 19 heavy (non-hydrogen) atoms. The Hall–Kier alpha value is -0.0800. The fourth-order valence-corrected chi connectivity index (χ4v) is 4.58. The second kappa shape index (κ2) is 4.46. The highest BCUT2D eigenvalue weighted by atomic mass is 15.3. The van der Waals surface area contributed by atoms with E-state index in [-0.39, 0.29) is 0 Å². The summed E-state index contributed by atoms with van der Waals surface area (Å²) in [6, 6.07) is 0.954. The summed E-state index contributed by atoms with van der Waals surface area (Å²) in [6.07, 6.45) is 5.75. The zero-order valence-electron chi connectivity index (χ0n) is 13.6. The molecule has 2 saturated heterocycles. The summed E-state index contributed by atoms with van der Waals surface area (Å²) in [4.78, 5) is 5.51. The second-order valence-corrected chi connectivity index (χ2v) is 8.83. The zero-order chi connectivity index (χ0) is 13.8. The molecule has 110 valence electrons. The fourth-order valence-electron chi connectivity index (χ4n) is 4.58. The zero-order valence-corrected chi connectivity index (χ0v) is 13.6. The summed E-state index contributed by atoms with van der Waals surface area (Å²) in [6.45, 7) is 16.0. The minimum atomic E-state index is 0.355. The molecular formula is C17H32N2. The van der Waals surface area contributed by atoms with Gasteiger partial charge in [-0.15, -0.1) is 0 Å². The molecule has 2 nitrogen and oxygen atoms in total. The molecule has 0 aromatic rings. The normalized spacial score (nSPS) is 36.8. The standard InChI is InChI=1S/C17H32N2/c1-16(2,3)18-8-6-13(12-18)11-17(4,5)19-9-7-14-10-15(14)19/h13-15H,6-12H2,1-5H3. The van der Waals surface area contributed by atoms with Crippen LogP contribution in [-0.2, 0) is 0 Å². The summed E-state index contributed by atoms with van der Waals surface area (Å²) in [5.74, 6) is 1.97. The molecule has 0 bridgehead atoms. The molecule has 1 aliphatic carbocycles. The van der Waals surface area contributed by atoms with E-state index < -0.39 is 0 Å². The number of nitrogens with zero attached hydrogens (tertiary/aromatic N) is 2. The number of hydrogen-bond acceptors (Lipinski definition) is 2. The minimum Gasteiger partial charge on any atom is -0.298 e. The number of likely N-dealkylation sites (tertiary alicyclic amines) is 2. The lowest BCUT2D eigenvalue weighted by Crippen LogP contribution is -2.46. The maximum absolute atomic E-state index is 2.83. The summed E-state index contributed by atoms with van der Waals surface area (Å²) >= 11 is 0. The fraction of sp³-hybridized carbons (Fsp3) is 1.00. The van der Waals surface area contributed by atoms with Crippen LogP contribution in [0.15, 0.2) is 0 Å². The molecule has 0 spiro atoms. The van der Waals surface area contributed by atoms with Gasteiger partial charge in [-0.25, -0.2) is 0 Å². The molecule has 3 rings (SSSR count). The van der Waals surface area contributed by atoms with Crippen molar-refractivity contribution in [2.75, 3.05) is 19.6 Å². The van der Waals surface area contributed by atoms with Crippen molar-refractivity contribution in [1.82, 2.24) is 9.80 Å². The van der Waals surface area contributed by atoms with Gasteiger partial charge < -0.3 is 0 Å². The van der Waals surface area contributed by atoms with Crippen LogP contribution < -0.4 is 0 Å². The average molecular weight is 264 g/mol. The molecule has 3 unspecified atom stereocenters. The van der Waals surface area contributed by atoms with E-state index in [0.717, 1.165) is 17.9 Å². The van der Waals surface area contributed by atoms with Gasteiger partial charge in [0, 0.05) is 23.7 Å².